The molecule has 0 heterocycles. The number of halogens is 2. The molecule has 0 spiro atoms. The molecule has 0 N–H and O–H groups in total. The Morgan fingerprint density at radius 2 is 0.939 bits per heavy atom. The fourth-order valence-electron chi connectivity index (χ4n) is 5.01. The van der Waals surface area contributed by atoms with Crippen molar-refractivity contribution >= 4 is 0 Å². The van der Waals surface area contributed by atoms with Crippen LogP contribution in [0.25, 0.3) is 22.3 Å². The fraction of sp³-hybridized carbons (Fsp3) is 0.200. The van der Waals surface area contributed by atoms with E-state index in [1.807, 2.05) is 0 Å². The van der Waals surface area contributed by atoms with Gasteiger partial charge in [-0.3, -0.25) is 0 Å². The summed E-state index contributed by atoms with van der Waals surface area (Å²) >= 11 is 0. The first-order chi connectivity index (χ1) is 14.5. The summed E-state index contributed by atoms with van der Waals surface area (Å²) in [7, 11) is 0. The van der Waals surface area contributed by atoms with E-state index < -0.39 is 0 Å². The Morgan fingerprint density at radius 1 is 0.576 bits per heavy atom. The molecular formula is C30H26Cl2Zr. The van der Waals surface area contributed by atoms with Crippen LogP contribution in [0.4, 0.5) is 0 Å². The van der Waals surface area contributed by atoms with Crippen LogP contribution in [0, 0.1) is 39.8 Å². The van der Waals surface area contributed by atoms with Crippen molar-refractivity contribution in [2.24, 2.45) is 0 Å². The SMILES string of the molecule is Cc1[c-]cc(C)c2c1Cc1ccccc1-2.Cc1[c-]cc(C)c2c1Cc1ccccc1-2.[Cl-].[Cl-].[Zr+4]. The molecular weight excluding hydrogens is 522 g/mol. The van der Waals surface area contributed by atoms with Crippen molar-refractivity contribution in [2.75, 3.05) is 0 Å². The number of aryl methyl sites for hydroxylation is 4. The molecule has 4 aromatic carbocycles. The maximum Gasteiger partial charge on any atom is 4.00 e. The van der Waals surface area contributed by atoms with E-state index in [4.69, 9.17) is 0 Å². The Balaban J connectivity index is 0.000000214. The molecule has 0 aromatic heterocycles. The van der Waals surface area contributed by atoms with E-state index >= 15 is 0 Å². The Morgan fingerprint density at radius 3 is 1.33 bits per heavy atom. The van der Waals surface area contributed by atoms with E-state index in [1.54, 1.807) is 0 Å². The van der Waals surface area contributed by atoms with Gasteiger partial charge in [0.25, 0.3) is 0 Å². The summed E-state index contributed by atoms with van der Waals surface area (Å²) in [4.78, 5) is 0. The summed E-state index contributed by atoms with van der Waals surface area (Å²) < 4.78 is 0. The first kappa shape index (κ1) is 27.6. The number of hydrogen-bond acceptors (Lipinski definition) is 0. The average Bonchev–Trinajstić information content (AvgIpc) is 3.34. The standard InChI is InChI=1S/2C15H13.2ClH.Zr/c2*1-10-7-8-11(2)15-13-6-4-3-5-12(13)9-14(10)15;;;/h2*3-6,8H,9H2,1-2H3;2*1H;/q2*-1;;;+4/p-2. The molecule has 2 aliphatic carbocycles. The zero-order chi connectivity index (χ0) is 20.8. The second kappa shape index (κ2) is 11.2. The van der Waals surface area contributed by atoms with Gasteiger partial charge >= 0.3 is 26.2 Å². The molecule has 0 bridgehead atoms. The van der Waals surface area contributed by atoms with Crippen molar-refractivity contribution in [3.63, 3.8) is 0 Å². The molecule has 164 valence electrons. The molecule has 6 rings (SSSR count). The second-order valence-electron chi connectivity index (χ2n) is 8.57. The quantitative estimate of drug-likeness (QED) is 0.252. The average molecular weight is 549 g/mol. The third-order valence-corrected chi connectivity index (χ3v) is 6.62. The molecule has 0 amide bonds. The van der Waals surface area contributed by atoms with Crippen LogP contribution in [0.15, 0.2) is 60.7 Å². The van der Waals surface area contributed by atoms with E-state index in [9.17, 15) is 0 Å². The van der Waals surface area contributed by atoms with Gasteiger partial charge in [0.1, 0.15) is 0 Å². The smallest absolute Gasteiger partial charge is 1.00 e. The minimum absolute atomic E-state index is 0. The molecule has 0 saturated carbocycles. The molecule has 0 saturated heterocycles. The predicted octanol–water partition coefficient (Wildman–Crippen LogP) is 1.36. The van der Waals surface area contributed by atoms with Crippen molar-refractivity contribution < 1.29 is 51.0 Å². The van der Waals surface area contributed by atoms with Crippen molar-refractivity contribution in [1.29, 1.82) is 0 Å². The van der Waals surface area contributed by atoms with Crippen LogP contribution in [-0.4, -0.2) is 0 Å². The largest absolute Gasteiger partial charge is 4.00 e. The molecule has 0 atom stereocenters. The van der Waals surface area contributed by atoms with Crippen LogP contribution in [0.3, 0.4) is 0 Å². The van der Waals surface area contributed by atoms with Gasteiger partial charge in [0.05, 0.1) is 0 Å². The van der Waals surface area contributed by atoms with Crippen molar-refractivity contribution in [2.45, 2.75) is 40.5 Å². The summed E-state index contributed by atoms with van der Waals surface area (Å²) in [6.45, 7) is 8.67. The van der Waals surface area contributed by atoms with Gasteiger partial charge in [-0.05, 0) is 35.1 Å². The van der Waals surface area contributed by atoms with Gasteiger partial charge in [-0.15, -0.1) is 22.3 Å². The topological polar surface area (TPSA) is 0 Å². The van der Waals surface area contributed by atoms with Gasteiger partial charge in [-0.1, -0.05) is 76.2 Å². The van der Waals surface area contributed by atoms with Crippen molar-refractivity contribution in [3.05, 3.63) is 117 Å². The van der Waals surface area contributed by atoms with Crippen LogP contribution >= 0.6 is 0 Å². The summed E-state index contributed by atoms with van der Waals surface area (Å²) in [5, 5.41) is 0. The fourth-order valence-corrected chi connectivity index (χ4v) is 5.01. The summed E-state index contributed by atoms with van der Waals surface area (Å²) in [5.74, 6) is 0. The van der Waals surface area contributed by atoms with Crippen molar-refractivity contribution in [3.8, 4) is 22.3 Å². The molecule has 0 fully saturated rings. The van der Waals surface area contributed by atoms with Gasteiger partial charge in [-0.25, -0.2) is 0 Å². The van der Waals surface area contributed by atoms with E-state index in [2.05, 4.69) is 100 Å². The zero-order valence-corrected chi connectivity index (χ0v) is 23.4. The van der Waals surface area contributed by atoms with Crippen LogP contribution < -0.4 is 24.8 Å². The monoisotopic (exact) mass is 546 g/mol. The van der Waals surface area contributed by atoms with Gasteiger partial charge in [-0.2, -0.15) is 46.5 Å². The van der Waals surface area contributed by atoms with Crippen molar-refractivity contribution in [1.82, 2.24) is 0 Å². The molecule has 3 heteroatoms. The summed E-state index contributed by atoms with van der Waals surface area (Å²) in [6, 6.07) is 28.3. The minimum atomic E-state index is 0. The van der Waals surface area contributed by atoms with E-state index in [-0.39, 0.29) is 51.0 Å². The summed E-state index contributed by atoms with van der Waals surface area (Å²) in [6.07, 6.45) is 2.16. The normalized spacial score (nSPS) is 11.3. The third-order valence-electron chi connectivity index (χ3n) is 6.62. The van der Waals surface area contributed by atoms with Gasteiger partial charge in [0.2, 0.25) is 0 Å². The Bertz CT molecular complexity index is 1190. The first-order valence-electron chi connectivity index (χ1n) is 10.7. The predicted molar refractivity (Wildman–Crippen MR) is 126 cm³/mol. The molecule has 0 radical (unpaired) electrons. The molecule has 33 heavy (non-hydrogen) atoms. The first-order valence-corrected chi connectivity index (χ1v) is 10.7. The zero-order valence-electron chi connectivity index (χ0n) is 19.4. The molecule has 0 nitrogen and oxygen atoms in total. The van der Waals surface area contributed by atoms with E-state index in [1.165, 1.54) is 66.8 Å². The van der Waals surface area contributed by atoms with Gasteiger partial charge in [0, 0.05) is 0 Å². The maximum absolute atomic E-state index is 3.33. The Kier molecular flexibility index (Phi) is 9.35. The van der Waals surface area contributed by atoms with E-state index in [0.29, 0.717) is 0 Å². The third kappa shape index (κ3) is 4.93. The summed E-state index contributed by atoms with van der Waals surface area (Å²) in [5.41, 5.74) is 16.9. The Labute approximate surface area is 229 Å². The second-order valence-corrected chi connectivity index (χ2v) is 8.57. The van der Waals surface area contributed by atoms with Crippen LogP contribution in [0.2, 0.25) is 0 Å². The van der Waals surface area contributed by atoms with Crippen LogP contribution in [-0.2, 0) is 39.0 Å². The minimum Gasteiger partial charge on any atom is -1.00 e. The van der Waals surface area contributed by atoms with Crippen LogP contribution in [0.5, 0.6) is 0 Å². The maximum atomic E-state index is 3.33. The number of hydrogen-bond donors (Lipinski definition) is 0. The molecule has 2 aliphatic rings. The molecule has 0 unspecified atom stereocenters. The molecule has 4 aromatic rings. The number of fused-ring (bicyclic) bond motifs is 6. The molecule has 0 aliphatic heterocycles. The van der Waals surface area contributed by atoms with Gasteiger partial charge in [0.15, 0.2) is 0 Å². The Hall–Kier alpha value is -1.66. The van der Waals surface area contributed by atoms with Crippen LogP contribution in [0.1, 0.15) is 44.5 Å². The van der Waals surface area contributed by atoms with Gasteiger partial charge < -0.3 is 24.8 Å². The number of benzene rings is 4. The van der Waals surface area contributed by atoms with E-state index in [0.717, 1.165) is 12.8 Å². The number of rotatable bonds is 0.